The quantitative estimate of drug-likeness (QED) is 0.499. The van der Waals surface area contributed by atoms with E-state index in [4.69, 9.17) is 0 Å². The maximum absolute atomic E-state index is 4.33. The van der Waals surface area contributed by atoms with Gasteiger partial charge in [-0.15, -0.1) is 0 Å². The van der Waals surface area contributed by atoms with Crippen molar-refractivity contribution in [2.24, 2.45) is 4.99 Å². The largest absolute Gasteiger partial charge is 0.466 e. The topological polar surface area (TPSA) is 26.5 Å². The molecule has 0 fully saturated rings. The summed E-state index contributed by atoms with van der Waals surface area (Å²) < 4.78 is 0. The monoisotopic (exact) mass is 175 g/mol. The lowest BCUT2D eigenvalue weighted by Crippen LogP contribution is -2.00. The summed E-state index contributed by atoms with van der Waals surface area (Å²) in [5.74, 6) is 0.866. The molecular formula is C11H15N2-. The normalized spacial score (nSPS) is 11.4. The maximum Gasteiger partial charge on any atom is -0.0271 e. The molecule has 1 aromatic rings. The Morgan fingerprint density at radius 1 is 1.23 bits per heavy atom. The molecule has 0 aromatic heterocycles. The van der Waals surface area contributed by atoms with E-state index in [0.29, 0.717) is 0 Å². The molecule has 0 N–H and O–H groups in total. The zero-order valence-electron chi connectivity index (χ0n) is 8.20. The second-order valence-corrected chi connectivity index (χ2v) is 2.64. The Morgan fingerprint density at radius 3 is 2.46 bits per heavy atom. The first-order chi connectivity index (χ1) is 6.38. The highest BCUT2D eigenvalue weighted by molar-refractivity contribution is 6.08. The Balaban J connectivity index is 2.83. The van der Waals surface area contributed by atoms with Crippen LogP contribution in [0.3, 0.4) is 0 Å². The van der Waals surface area contributed by atoms with Crippen molar-refractivity contribution in [3.05, 3.63) is 41.2 Å². The molecule has 2 nitrogen and oxygen atoms in total. The van der Waals surface area contributed by atoms with E-state index in [1.807, 2.05) is 44.2 Å². The molecule has 0 spiro atoms. The number of rotatable bonds is 3. The summed E-state index contributed by atoms with van der Waals surface area (Å²) in [5, 5.41) is 4.33. The van der Waals surface area contributed by atoms with Crippen LogP contribution in [0.2, 0.25) is 0 Å². The molecule has 1 rings (SSSR count). The van der Waals surface area contributed by atoms with Crippen molar-refractivity contribution in [2.75, 3.05) is 13.1 Å². The summed E-state index contributed by atoms with van der Waals surface area (Å²) >= 11 is 0. The number of nitrogens with zero attached hydrogens (tertiary/aromatic N) is 2. The fourth-order valence-corrected chi connectivity index (χ4v) is 1.12. The van der Waals surface area contributed by atoms with Crippen LogP contribution < -0.4 is 0 Å². The van der Waals surface area contributed by atoms with Crippen molar-refractivity contribution in [2.45, 2.75) is 13.8 Å². The van der Waals surface area contributed by atoms with Gasteiger partial charge >= 0.3 is 0 Å². The molecule has 13 heavy (non-hydrogen) atoms. The lowest BCUT2D eigenvalue weighted by Gasteiger charge is -2.17. The van der Waals surface area contributed by atoms with E-state index in [2.05, 4.69) is 10.3 Å². The van der Waals surface area contributed by atoms with Crippen molar-refractivity contribution in [3.63, 3.8) is 0 Å². The van der Waals surface area contributed by atoms with E-state index in [-0.39, 0.29) is 0 Å². The molecular weight excluding hydrogens is 160 g/mol. The zero-order valence-corrected chi connectivity index (χ0v) is 8.20. The zero-order chi connectivity index (χ0) is 9.52. The van der Waals surface area contributed by atoms with Gasteiger partial charge in [0.1, 0.15) is 0 Å². The lowest BCUT2D eigenvalue weighted by atomic mass is 10.2. The predicted octanol–water partition coefficient (Wildman–Crippen LogP) is 2.85. The molecule has 0 atom stereocenters. The summed E-state index contributed by atoms with van der Waals surface area (Å²) in [7, 11) is 0. The van der Waals surface area contributed by atoms with E-state index in [1.54, 1.807) is 0 Å². The molecule has 0 aliphatic carbocycles. The van der Waals surface area contributed by atoms with Gasteiger partial charge in [0.15, 0.2) is 0 Å². The SMILES string of the molecule is CCN=C([N-]CC)c1ccccc1. The van der Waals surface area contributed by atoms with Gasteiger partial charge in [0, 0.05) is 0 Å². The summed E-state index contributed by atoms with van der Waals surface area (Å²) in [6, 6.07) is 10.1. The van der Waals surface area contributed by atoms with Crippen LogP contribution >= 0.6 is 0 Å². The standard InChI is InChI=1S/C11H15N2/c1-3-12-11(13-4-2)10-8-6-5-7-9-10/h5-9H,3-4H2,1-2H3/q-1. The highest BCUT2D eigenvalue weighted by Crippen LogP contribution is 2.06. The smallest absolute Gasteiger partial charge is 0.0271 e. The third kappa shape index (κ3) is 2.90. The van der Waals surface area contributed by atoms with Crippen LogP contribution in [0.4, 0.5) is 0 Å². The van der Waals surface area contributed by atoms with Crippen LogP contribution in [0.5, 0.6) is 0 Å². The third-order valence-corrected chi connectivity index (χ3v) is 1.65. The number of amidine groups is 1. The van der Waals surface area contributed by atoms with Crippen LogP contribution in [0.25, 0.3) is 5.32 Å². The lowest BCUT2D eigenvalue weighted by molar-refractivity contribution is 1.12. The Morgan fingerprint density at radius 2 is 1.92 bits per heavy atom. The summed E-state index contributed by atoms with van der Waals surface area (Å²) in [6.45, 7) is 5.61. The van der Waals surface area contributed by atoms with Crippen molar-refractivity contribution < 1.29 is 0 Å². The molecule has 0 bridgehead atoms. The first kappa shape index (κ1) is 9.78. The minimum absolute atomic E-state index is 0.785. The van der Waals surface area contributed by atoms with E-state index in [0.717, 1.165) is 24.5 Å². The van der Waals surface area contributed by atoms with Gasteiger partial charge in [-0.2, -0.15) is 0 Å². The van der Waals surface area contributed by atoms with Gasteiger partial charge in [0.2, 0.25) is 0 Å². The van der Waals surface area contributed by atoms with Crippen LogP contribution in [0.15, 0.2) is 35.3 Å². The molecule has 0 saturated carbocycles. The van der Waals surface area contributed by atoms with Gasteiger partial charge in [0.25, 0.3) is 0 Å². The Hall–Kier alpha value is -1.31. The number of benzene rings is 1. The minimum Gasteiger partial charge on any atom is -0.466 e. The second kappa shape index (κ2) is 5.36. The molecule has 0 aliphatic heterocycles. The number of hydrogen-bond acceptors (Lipinski definition) is 1. The van der Waals surface area contributed by atoms with Crippen molar-refractivity contribution in [1.82, 2.24) is 0 Å². The van der Waals surface area contributed by atoms with Crippen LogP contribution in [0, 0.1) is 0 Å². The summed E-state index contributed by atoms with van der Waals surface area (Å²) in [4.78, 5) is 4.33. The van der Waals surface area contributed by atoms with Gasteiger partial charge in [0.05, 0.1) is 0 Å². The molecule has 0 aliphatic rings. The van der Waals surface area contributed by atoms with Gasteiger partial charge in [-0.1, -0.05) is 63.1 Å². The second-order valence-electron chi connectivity index (χ2n) is 2.64. The number of hydrogen-bond donors (Lipinski definition) is 0. The molecule has 1 aromatic carbocycles. The van der Waals surface area contributed by atoms with Crippen molar-refractivity contribution in [3.8, 4) is 0 Å². The van der Waals surface area contributed by atoms with Crippen LogP contribution in [0.1, 0.15) is 19.4 Å². The summed E-state index contributed by atoms with van der Waals surface area (Å²) in [6.07, 6.45) is 0. The molecule has 0 unspecified atom stereocenters. The van der Waals surface area contributed by atoms with Crippen LogP contribution in [-0.4, -0.2) is 18.9 Å². The molecule has 0 amide bonds. The van der Waals surface area contributed by atoms with Gasteiger partial charge in [-0.25, -0.2) is 0 Å². The molecule has 0 radical (unpaired) electrons. The first-order valence-corrected chi connectivity index (χ1v) is 4.65. The molecule has 0 saturated heterocycles. The molecule has 70 valence electrons. The first-order valence-electron chi connectivity index (χ1n) is 4.65. The maximum atomic E-state index is 4.33. The van der Waals surface area contributed by atoms with Gasteiger partial charge in [-0.05, 0) is 5.56 Å². The fraction of sp³-hybridized carbons (Fsp3) is 0.364. The molecule has 2 heteroatoms. The average Bonchev–Trinajstić information content (AvgIpc) is 2.19. The van der Waals surface area contributed by atoms with E-state index >= 15 is 0 Å². The highest BCUT2D eigenvalue weighted by Gasteiger charge is 1.89. The van der Waals surface area contributed by atoms with Crippen molar-refractivity contribution in [1.29, 1.82) is 0 Å². The Labute approximate surface area is 79.7 Å². The Kier molecular flexibility index (Phi) is 4.03. The van der Waals surface area contributed by atoms with Gasteiger partial charge < -0.3 is 10.3 Å². The summed E-state index contributed by atoms with van der Waals surface area (Å²) in [5.41, 5.74) is 1.10. The van der Waals surface area contributed by atoms with E-state index in [1.165, 1.54) is 0 Å². The van der Waals surface area contributed by atoms with Crippen LogP contribution in [-0.2, 0) is 0 Å². The Bertz CT molecular complexity index is 265. The predicted molar refractivity (Wildman–Crippen MR) is 57.4 cm³/mol. The number of aliphatic imine (C=N–C) groups is 1. The average molecular weight is 175 g/mol. The van der Waals surface area contributed by atoms with E-state index < -0.39 is 0 Å². The van der Waals surface area contributed by atoms with Gasteiger partial charge in [-0.3, -0.25) is 0 Å². The molecule has 0 heterocycles. The minimum atomic E-state index is 0.785. The third-order valence-electron chi connectivity index (χ3n) is 1.65. The van der Waals surface area contributed by atoms with Crippen molar-refractivity contribution >= 4 is 5.84 Å². The highest BCUT2D eigenvalue weighted by atomic mass is 15.0. The van der Waals surface area contributed by atoms with E-state index in [9.17, 15) is 0 Å². The fourth-order valence-electron chi connectivity index (χ4n) is 1.12.